The summed E-state index contributed by atoms with van der Waals surface area (Å²) in [6, 6.07) is 7.11. The van der Waals surface area contributed by atoms with Gasteiger partial charge in [-0.3, -0.25) is 9.59 Å². The van der Waals surface area contributed by atoms with E-state index in [-0.39, 0.29) is 24.2 Å². The number of benzene rings is 1. The van der Waals surface area contributed by atoms with E-state index in [2.05, 4.69) is 11.2 Å². The van der Waals surface area contributed by atoms with E-state index in [9.17, 15) is 9.59 Å². The Kier molecular flexibility index (Phi) is 6.30. The summed E-state index contributed by atoms with van der Waals surface area (Å²) in [4.78, 5) is 25.8. The number of nitrogens with zero attached hydrogens (tertiary/aromatic N) is 1. The van der Waals surface area contributed by atoms with Crippen molar-refractivity contribution in [2.75, 3.05) is 23.9 Å². The van der Waals surface area contributed by atoms with Gasteiger partial charge in [0, 0.05) is 13.0 Å². The summed E-state index contributed by atoms with van der Waals surface area (Å²) in [7, 11) is 0. The van der Waals surface area contributed by atoms with Crippen molar-refractivity contribution in [3.8, 4) is 18.1 Å². The molecule has 0 radical (unpaired) electrons. The second-order valence-corrected chi connectivity index (χ2v) is 5.43. The molecule has 1 aromatic carbocycles. The van der Waals surface area contributed by atoms with Crippen molar-refractivity contribution in [2.45, 2.75) is 25.4 Å². The lowest BCUT2D eigenvalue weighted by Gasteiger charge is -2.33. The Hall–Kier alpha value is -2.19. The summed E-state index contributed by atoms with van der Waals surface area (Å²) < 4.78 is 5.72. The van der Waals surface area contributed by atoms with Gasteiger partial charge in [-0.1, -0.05) is 12.1 Å². The van der Waals surface area contributed by atoms with Crippen molar-refractivity contribution in [1.29, 1.82) is 0 Å². The minimum absolute atomic E-state index is 0.144. The maximum Gasteiger partial charge on any atom is 0.262 e. The van der Waals surface area contributed by atoms with Crippen LogP contribution in [0.3, 0.4) is 0 Å². The lowest BCUT2D eigenvalue weighted by molar-refractivity contribution is -0.128. The van der Waals surface area contributed by atoms with E-state index in [0.29, 0.717) is 24.4 Å². The Morgan fingerprint density at radius 1 is 1.39 bits per heavy atom. The number of hydrogen-bond acceptors (Lipinski definition) is 3. The first-order valence-electron chi connectivity index (χ1n) is 7.50. The summed E-state index contributed by atoms with van der Waals surface area (Å²) in [5.74, 6) is 2.42. The zero-order valence-electron chi connectivity index (χ0n) is 12.8. The van der Waals surface area contributed by atoms with E-state index in [1.807, 2.05) is 6.07 Å². The number of anilines is 1. The predicted octanol–water partition coefficient (Wildman–Crippen LogP) is 1.94. The molecule has 6 heteroatoms. The molecular formula is C17H19ClN2O3. The minimum atomic E-state index is -0.746. The molecule has 0 spiro atoms. The second-order valence-electron chi connectivity index (χ2n) is 5.16. The molecule has 0 fully saturated rings. The quantitative estimate of drug-likeness (QED) is 0.491. The number of rotatable bonds is 6. The molecule has 2 amide bonds. The number of hydrogen-bond donors (Lipinski definition) is 1. The van der Waals surface area contributed by atoms with Crippen molar-refractivity contribution >= 4 is 29.1 Å². The van der Waals surface area contributed by atoms with Crippen molar-refractivity contribution in [1.82, 2.24) is 5.32 Å². The summed E-state index contributed by atoms with van der Waals surface area (Å²) in [6.45, 7) is 0.685. The van der Waals surface area contributed by atoms with Gasteiger partial charge in [-0.25, -0.2) is 0 Å². The van der Waals surface area contributed by atoms with Gasteiger partial charge in [0.25, 0.3) is 5.91 Å². The maximum atomic E-state index is 12.2. The molecule has 1 N–H and O–H groups in total. The smallest absolute Gasteiger partial charge is 0.262 e. The third-order valence-corrected chi connectivity index (χ3v) is 3.76. The molecule has 0 saturated carbocycles. The van der Waals surface area contributed by atoms with Crippen molar-refractivity contribution in [3.05, 3.63) is 24.3 Å². The molecule has 122 valence electrons. The van der Waals surface area contributed by atoms with E-state index in [1.54, 1.807) is 18.2 Å². The van der Waals surface area contributed by atoms with Crippen LogP contribution in [0.1, 0.15) is 19.3 Å². The zero-order chi connectivity index (χ0) is 16.7. The summed E-state index contributed by atoms with van der Waals surface area (Å²) in [6.07, 6.45) is 6.81. The first-order valence-corrected chi connectivity index (χ1v) is 8.04. The lowest BCUT2D eigenvalue weighted by Crippen LogP contribution is -2.51. The molecule has 1 aliphatic heterocycles. The van der Waals surface area contributed by atoms with Crippen molar-refractivity contribution in [3.63, 3.8) is 0 Å². The van der Waals surface area contributed by atoms with Crippen molar-refractivity contribution in [2.24, 2.45) is 0 Å². The highest BCUT2D eigenvalue weighted by molar-refractivity contribution is 6.29. The Morgan fingerprint density at radius 2 is 2.17 bits per heavy atom. The van der Waals surface area contributed by atoms with Crippen LogP contribution in [0.15, 0.2) is 24.3 Å². The number of fused-ring (bicyclic) bond motifs is 1. The number of ether oxygens (including phenoxy) is 1. The van der Waals surface area contributed by atoms with Gasteiger partial charge in [0.05, 0.1) is 12.2 Å². The van der Waals surface area contributed by atoms with Crippen molar-refractivity contribution < 1.29 is 14.3 Å². The largest absolute Gasteiger partial charge is 0.477 e. The van der Waals surface area contributed by atoms with E-state index >= 15 is 0 Å². The number of halogens is 1. The van der Waals surface area contributed by atoms with Gasteiger partial charge in [0.2, 0.25) is 5.91 Å². The minimum Gasteiger partial charge on any atom is -0.477 e. The third-order valence-electron chi connectivity index (χ3n) is 3.53. The van der Waals surface area contributed by atoms with Crippen LogP contribution in [0.2, 0.25) is 0 Å². The number of para-hydroxylation sites is 2. The number of carbonyl (C=O) groups is 2. The van der Waals surface area contributed by atoms with Gasteiger partial charge in [0.1, 0.15) is 11.6 Å². The van der Waals surface area contributed by atoms with Gasteiger partial charge < -0.3 is 15.0 Å². The number of nitrogens with one attached hydrogen (secondary N) is 1. The van der Waals surface area contributed by atoms with Gasteiger partial charge in [0.15, 0.2) is 6.10 Å². The van der Waals surface area contributed by atoms with Gasteiger partial charge >= 0.3 is 0 Å². The molecule has 1 aliphatic rings. The highest BCUT2D eigenvalue weighted by Crippen LogP contribution is 2.33. The Morgan fingerprint density at radius 3 is 2.91 bits per heavy atom. The molecule has 2 rings (SSSR count). The highest BCUT2D eigenvalue weighted by Gasteiger charge is 2.33. The Bertz CT molecular complexity index is 612. The first kappa shape index (κ1) is 17.2. The molecule has 1 aromatic rings. The fourth-order valence-electron chi connectivity index (χ4n) is 2.36. The second kappa shape index (κ2) is 8.44. The van der Waals surface area contributed by atoms with Crippen LogP contribution in [-0.2, 0) is 9.59 Å². The van der Waals surface area contributed by atoms with Crippen LogP contribution in [-0.4, -0.2) is 36.9 Å². The highest BCUT2D eigenvalue weighted by atomic mass is 35.5. The topological polar surface area (TPSA) is 58.6 Å². The van der Waals surface area contributed by atoms with Crippen LogP contribution in [0, 0.1) is 12.3 Å². The molecule has 0 saturated heterocycles. The third kappa shape index (κ3) is 4.40. The Labute approximate surface area is 140 Å². The van der Waals surface area contributed by atoms with E-state index in [0.717, 1.165) is 12.8 Å². The first-order chi connectivity index (χ1) is 11.2. The fourth-order valence-corrected chi connectivity index (χ4v) is 2.50. The monoisotopic (exact) mass is 334 g/mol. The van der Waals surface area contributed by atoms with Gasteiger partial charge in [-0.2, -0.15) is 0 Å². The van der Waals surface area contributed by atoms with Crippen LogP contribution < -0.4 is 15.0 Å². The van der Waals surface area contributed by atoms with E-state index < -0.39 is 6.10 Å². The molecular weight excluding hydrogens is 316 g/mol. The average molecular weight is 335 g/mol. The SMILES string of the molecule is C#CCCCCNC(=O)C1CN(C(=O)CCl)c2ccccc2O1. The molecule has 1 heterocycles. The summed E-state index contributed by atoms with van der Waals surface area (Å²) in [5, 5.41) is 2.82. The molecule has 0 bridgehead atoms. The molecule has 0 aliphatic carbocycles. The zero-order valence-corrected chi connectivity index (χ0v) is 13.5. The fraction of sp³-hybridized carbons (Fsp3) is 0.412. The molecule has 0 aromatic heterocycles. The van der Waals surface area contributed by atoms with E-state index in [4.69, 9.17) is 22.8 Å². The van der Waals surface area contributed by atoms with Gasteiger partial charge in [-0.15, -0.1) is 23.9 Å². The number of carbonyl (C=O) groups excluding carboxylic acids is 2. The normalized spacial score (nSPS) is 16.0. The standard InChI is InChI=1S/C17H19ClN2O3/c1-2-3-4-7-10-19-17(22)15-12-20(16(21)11-18)13-8-5-6-9-14(13)23-15/h1,5-6,8-9,15H,3-4,7,10-12H2,(H,19,22). The molecule has 1 atom stereocenters. The predicted molar refractivity (Wildman–Crippen MR) is 89.6 cm³/mol. The molecule has 23 heavy (non-hydrogen) atoms. The van der Waals surface area contributed by atoms with Crippen LogP contribution in [0.25, 0.3) is 0 Å². The number of amides is 2. The summed E-state index contributed by atoms with van der Waals surface area (Å²) in [5.41, 5.74) is 0.635. The summed E-state index contributed by atoms with van der Waals surface area (Å²) >= 11 is 5.66. The number of terminal acetylenes is 1. The van der Waals surface area contributed by atoms with Crippen LogP contribution >= 0.6 is 11.6 Å². The number of alkyl halides is 1. The Balaban J connectivity index is 2.00. The lowest BCUT2D eigenvalue weighted by atomic mass is 10.1. The maximum absolute atomic E-state index is 12.2. The number of unbranched alkanes of at least 4 members (excludes halogenated alkanes) is 2. The molecule has 1 unspecified atom stereocenters. The molecule has 5 nitrogen and oxygen atoms in total. The van der Waals surface area contributed by atoms with Crippen LogP contribution in [0.4, 0.5) is 5.69 Å². The average Bonchev–Trinajstić information content (AvgIpc) is 2.59. The van der Waals surface area contributed by atoms with Crippen LogP contribution in [0.5, 0.6) is 5.75 Å². The van der Waals surface area contributed by atoms with E-state index in [1.165, 1.54) is 4.90 Å². The van der Waals surface area contributed by atoms with Gasteiger partial charge in [-0.05, 0) is 25.0 Å².